The van der Waals surface area contributed by atoms with E-state index in [2.05, 4.69) is 15.6 Å². The van der Waals surface area contributed by atoms with E-state index in [9.17, 15) is 12.8 Å². The van der Waals surface area contributed by atoms with E-state index in [1.165, 1.54) is 23.5 Å². The lowest BCUT2D eigenvalue weighted by Crippen LogP contribution is -2.44. The van der Waals surface area contributed by atoms with Crippen molar-refractivity contribution in [1.29, 1.82) is 0 Å². The smallest absolute Gasteiger partial charge is 0.242 e. The zero-order chi connectivity index (χ0) is 15.3. The molecule has 0 spiro atoms. The lowest BCUT2D eigenvalue weighted by molar-refractivity contribution is 0.469. The Labute approximate surface area is 147 Å². The van der Waals surface area contributed by atoms with Gasteiger partial charge in [-0.3, -0.25) is 4.99 Å². The molecule has 0 unspecified atom stereocenters. The minimum Gasteiger partial charge on any atom is -0.356 e. The third-order valence-electron chi connectivity index (χ3n) is 3.14. The van der Waals surface area contributed by atoms with Crippen molar-refractivity contribution in [2.45, 2.75) is 11.3 Å². The van der Waals surface area contributed by atoms with Crippen LogP contribution in [0.25, 0.3) is 0 Å². The molecule has 22 heavy (non-hydrogen) atoms. The number of nitrogens with zero attached hydrogens (tertiary/aromatic N) is 2. The van der Waals surface area contributed by atoms with Gasteiger partial charge in [0.25, 0.3) is 0 Å². The third kappa shape index (κ3) is 5.06. The van der Waals surface area contributed by atoms with Crippen LogP contribution in [-0.4, -0.2) is 51.9 Å². The molecule has 1 aliphatic heterocycles. The van der Waals surface area contributed by atoms with Crippen LogP contribution in [0.3, 0.4) is 0 Å². The van der Waals surface area contributed by atoms with E-state index < -0.39 is 15.8 Å². The summed E-state index contributed by atoms with van der Waals surface area (Å²) in [6.07, 6.45) is 1.00. The van der Waals surface area contributed by atoms with Crippen molar-refractivity contribution < 1.29 is 12.8 Å². The second kappa shape index (κ2) is 8.63. The second-order valence-electron chi connectivity index (χ2n) is 4.72. The first-order valence-corrected chi connectivity index (χ1v) is 8.18. The molecule has 1 aromatic carbocycles. The van der Waals surface area contributed by atoms with Crippen molar-refractivity contribution in [1.82, 2.24) is 14.9 Å². The first-order valence-electron chi connectivity index (χ1n) is 6.74. The molecule has 9 heteroatoms. The molecule has 1 aromatic rings. The van der Waals surface area contributed by atoms with Gasteiger partial charge in [-0.25, -0.2) is 12.8 Å². The maximum Gasteiger partial charge on any atom is 0.242 e. The topological polar surface area (TPSA) is 73.8 Å². The summed E-state index contributed by atoms with van der Waals surface area (Å²) in [5, 5.41) is 6.16. The van der Waals surface area contributed by atoms with E-state index in [-0.39, 0.29) is 28.9 Å². The molecule has 124 valence electrons. The average Bonchev–Trinajstić information content (AvgIpc) is 2.48. The number of nitrogens with one attached hydrogen (secondary N) is 2. The number of hydrogen-bond donors (Lipinski definition) is 2. The van der Waals surface area contributed by atoms with E-state index in [1.54, 1.807) is 0 Å². The molecule has 0 saturated carbocycles. The van der Waals surface area contributed by atoms with Gasteiger partial charge in [-0.05, 0) is 30.7 Å². The van der Waals surface area contributed by atoms with Crippen LogP contribution in [0.4, 0.5) is 4.39 Å². The third-order valence-corrected chi connectivity index (χ3v) is 5.01. The van der Waals surface area contributed by atoms with Crippen LogP contribution in [0.15, 0.2) is 34.2 Å². The highest BCUT2D eigenvalue weighted by Gasteiger charge is 2.20. The van der Waals surface area contributed by atoms with Gasteiger partial charge in [0.1, 0.15) is 5.82 Å². The molecule has 1 aliphatic rings. The van der Waals surface area contributed by atoms with Crippen molar-refractivity contribution >= 4 is 40.0 Å². The van der Waals surface area contributed by atoms with Crippen LogP contribution in [0.2, 0.25) is 0 Å². The predicted octanol–water partition coefficient (Wildman–Crippen LogP) is 1.00. The minimum absolute atomic E-state index is 0. The maximum atomic E-state index is 12.8. The Morgan fingerprint density at radius 2 is 2.05 bits per heavy atom. The number of guanidine groups is 1. The Balaban J connectivity index is 0.00000242. The monoisotopic (exact) mass is 442 g/mol. The molecule has 1 heterocycles. The molecule has 0 aliphatic carbocycles. The predicted molar refractivity (Wildman–Crippen MR) is 94.6 cm³/mol. The van der Waals surface area contributed by atoms with Crippen LogP contribution in [-0.2, 0) is 10.0 Å². The summed E-state index contributed by atoms with van der Waals surface area (Å²) in [6.45, 7) is 2.39. The zero-order valence-electron chi connectivity index (χ0n) is 12.3. The van der Waals surface area contributed by atoms with Gasteiger partial charge in [0.2, 0.25) is 10.0 Å². The normalized spacial score (nSPS) is 14.8. The molecule has 0 aromatic heterocycles. The molecule has 0 fully saturated rings. The number of halogens is 2. The van der Waals surface area contributed by atoms with Crippen LogP contribution in [0.5, 0.6) is 0 Å². The first kappa shape index (κ1) is 19.1. The summed E-state index contributed by atoms with van der Waals surface area (Å²) in [5.74, 6) is 0.244. The van der Waals surface area contributed by atoms with Crippen molar-refractivity contribution in [3.63, 3.8) is 0 Å². The van der Waals surface area contributed by atoms with Crippen molar-refractivity contribution in [2.75, 3.05) is 33.2 Å². The quantitative estimate of drug-likeness (QED) is 0.668. The summed E-state index contributed by atoms with van der Waals surface area (Å²) in [7, 11) is -2.10. The fraction of sp³-hybridized carbons (Fsp3) is 0.462. The van der Waals surface area contributed by atoms with Crippen LogP contribution < -0.4 is 10.6 Å². The summed E-state index contributed by atoms with van der Waals surface area (Å²) < 4.78 is 38.6. The lowest BCUT2D eigenvalue weighted by atomic mass is 10.4. The van der Waals surface area contributed by atoms with Gasteiger partial charge in [0.15, 0.2) is 5.96 Å². The molecule has 0 saturated heterocycles. The highest BCUT2D eigenvalue weighted by molar-refractivity contribution is 14.0. The van der Waals surface area contributed by atoms with E-state index in [0.29, 0.717) is 19.0 Å². The Morgan fingerprint density at radius 1 is 1.36 bits per heavy atom. The van der Waals surface area contributed by atoms with Gasteiger partial charge < -0.3 is 10.6 Å². The molecule has 2 N–H and O–H groups in total. The summed E-state index contributed by atoms with van der Waals surface area (Å²) in [4.78, 5) is 4.32. The standard InChI is InChI=1S/C13H19FN4O2S.HI/c1-18(10-9-17-13-15-7-2-8-16-13)21(19,20)12-5-3-11(14)4-6-12;/h3-6H,2,7-10H2,1H3,(H2,15,16,17);1H. The minimum atomic E-state index is -3.59. The van der Waals surface area contributed by atoms with Crippen LogP contribution in [0, 0.1) is 5.82 Å². The lowest BCUT2D eigenvalue weighted by Gasteiger charge is -2.20. The number of aliphatic imine (C=N–C) groups is 1. The molecule has 0 radical (unpaired) electrons. The van der Waals surface area contributed by atoms with E-state index in [0.717, 1.165) is 31.6 Å². The van der Waals surface area contributed by atoms with Gasteiger partial charge in [-0.2, -0.15) is 4.31 Å². The van der Waals surface area contributed by atoms with Gasteiger partial charge in [-0.15, -0.1) is 24.0 Å². The molecular weight excluding hydrogens is 422 g/mol. The molecular formula is C13H20FIN4O2S. The fourth-order valence-corrected chi connectivity index (χ4v) is 3.06. The molecule has 0 amide bonds. The Kier molecular flexibility index (Phi) is 7.49. The van der Waals surface area contributed by atoms with Gasteiger partial charge in [-0.1, -0.05) is 0 Å². The maximum absolute atomic E-state index is 12.8. The molecule has 0 bridgehead atoms. The van der Waals surface area contributed by atoms with Crippen LogP contribution >= 0.6 is 24.0 Å². The summed E-state index contributed by atoms with van der Waals surface area (Å²) >= 11 is 0. The highest BCUT2D eigenvalue weighted by Crippen LogP contribution is 2.14. The van der Waals surface area contributed by atoms with Crippen molar-refractivity contribution in [3.05, 3.63) is 30.1 Å². The summed E-state index contributed by atoms with van der Waals surface area (Å²) in [5.41, 5.74) is 0. The van der Waals surface area contributed by atoms with E-state index in [4.69, 9.17) is 0 Å². The van der Waals surface area contributed by atoms with Gasteiger partial charge in [0.05, 0.1) is 4.90 Å². The van der Waals surface area contributed by atoms with Gasteiger partial charge >= 0.3 is 0 Å². The van der Waals surface area contributed by atoms with Crippen molar-refractivity contribution in [3.8, 4) is 0 Å². The Bertz CT molecular complexity index is 607. The van der Waals surface area contributed by atoms with E-state index in [1.807, 2.05) is 0 Å². The molecule has 0 atom stereocenters. The zero-order valence-corrected chi connectivity index (χ0v) is 15.4. The average molecular weight is 442 g/mol. The van der Waals surface area contributed by atoms with Crippen molar-refractivity contribution in [2.24, 2.45) is 4.99 Å². The van der Waals surface area contributed by atoms with Gasteiger partial charge in [0, 0.05) is 33.2 Å². The fourth-order valence-electron chi connectivity index (χ4n) is 1.89. The Morgan fingerprint density at radius 3 is 2.64 bits per heavy atom. The first-order chi connectivity index (χ1) is 10.00. The number of likely N-dealkylation sites (N-methyl/N-ethyl adjacent to an activating group) is 1. The van der Waals surface area contributed by atoms with Crippen LogP contribution in [0.1, 0.15) is 6.42 Å². The van der Waals surface area contributed by atoms with E-state index >= 15 is 0 Å². The second-order valence-corrected chi connectivity index (χ2v) is 6.76. The highest BCUT2D eigenvalue weighted by atomic mass is 127. The Hall–Kier alpha value is -0.940. The molecule has 2 rings (SSSR count). The number of benzene rings is 1. The number of hydrogen-bond acceptors (Lipinski definition) is 5. The largest absolute Gasteiger partial charge is 0.356 e. The number of sulfonamides is 1. The number of rotatable bonds is 5. The SMILES string of the molecule is CN(CCNC1=NCCCN1)S(=O)(=O)c1ccc(F)cc1.I. The summed E-state index contributed by atoms with van der Waals surface area (Å²) in [6, 6.07) is 4.81. The molecule has 6 nitrogen and oxygen atoms in total.